The molecule has 0 spiro atoms. The Balaban J connectivity index is 2.04. The number of benzene rings is 1. The zero-order valence-corrected chi connectivity index (χ0v) is 13.2. The number of fused-ring (bicyclic) bond motifs is 1. The summed E-state index contributed by atoms with van der Waals surface area (Å²) in [5.41, 5.74) is 7.66. The molecule has 0 saturated heterocycles. The van der Waals surface area contributed by atoms with E-state index in [1.165, 1.54) is 0 Å². The minimum Gasteiger partial charge on any atom is -0.490 e. The average Bonchev–Trinajstić information content (AvgIpc) is 2.68. The molecule has 5 nitrogen and oxygen atoms in total. The van der Waals surface area contributed by atoms with Crippen molar-refractivity contribution in [1.29, 1.82) is 0 Å². The van der Waals surface area contributed by atoms with E-state index in [9.17, 15) is 0 Å². The summed E-state index contributed by atoms with van der Waals surface area (Å²) in [5.74, 6) is 2.61. The summed E-state index contributed by atoms with van der Waals surface area (Å²) >= 11 is 2.15. The number of nitrogen functional groups attached to an aromatic ring is 1. The summed E-state index contributed by atoms with van der Waals surface area (Å²) < 4.78 is 12.2. The van der Waals surface area contributed by atoms with Crippen LogP contribution in [0.25, 0.3) is 11.4 Å². The zero-order chi connectivity index (χ0) is 14.1. The van der Waals surface area contributed by atoms with Crippen LogP contribution in [0.5, 0.6) is 11.5 Å². The smallest absolute Gasteiger partial charge is 0.161 e. The topological polar surface area (TPSA) is 70.3 Å². The van der Waals surface area contributed by atoms with Crippen molar-refractivity contribution in [2.45, 2.75) is 13.3 Å². The van der Waals surface area contributed by atoms with Crippen LogP contribution in [-0.2, 0) is 0 Å². The predicted octanol–water partition coefficient (Wildman–Crippen LogP) is 2.80. The molecule has 1 aromatic heterocycles. The highest BCUT2D eigenvalue weighted by molar-refractivity contribution is 14.1. The van der Waals surface area contributed by atoms with E-state index in [-0.39, 0.29) is 0 Å². The van der Waals surface area contributed by atoms with Gasteiger partial charge in [0.05, 0.1) is 22.5 Å². The fraction of sp³-hybridized carbons (Fsp3) is 0.286. The van der Waals surface area contributed by atoms with Crippen LogP contribution in [0.4, 0.5) is 5.82 Å². The van der Waals surface area contributed by atoms with Crippen LogP contribution in [0.1, 0.15) is 12.1 Å². The lowest BCUT2D eigenvalue weighted by Crippen LogP contribution is -2.02. The minimum atomic E-state index is 0.500. The molecule has 2 heterocycles. The van der Waals surface area contributed by atoms with Gasteiger partial charge in [0, 0.05) is 12.0 Å². The fourth-order valence-electron chi connectivity index (χ4n) is 2.01. The molecule has 0 atom stereocenters. The SMILES string of the molecule is Cc1nc(-c2ccc3c(c2)OCCCO3)nc(N)c1I. The van der Waals surface area contributed by atoms with E-state index in [4.69, 9.17) is 15.2 Å². The number of hydrogen-bond acceptors (Lipinski definition) is 5. The number of hydrogen-bond donors (Lipinski definition) is 1. The van der Waals surface area contributed by atoms with Gasteiger partial charge in [0.2, 0.25) is 0 Å². The Morgan fingerprint density at radius 2 is 1.90 bits per heavy atom. The number of anilines is 1. The van der Waals surface area contributed by atoms with Crippen molar-refractivity contribution >= 4 is 28.4 Å². The van der Waals surface area contributed by atoms with Crippen molar-refractivity contribution in [3.8, 4) is 22.9 Å². The van der Waals surface area contributed by atoms with Crippen molar-refractivity contribution in [3.05, 3.63) is 27.5 Å². The Bertz CT molecular complexity index is 638. The number of aromatic nitrogens is 2. The first-order chi connectivity index (χ1) is 9.65. The molecule has 20 heavy (non-hydrogen) atoms. The summed E-state index contributed by atoms with van der Waals surface area (Å²) in [5, 5.41) is 0. The molecule has 2 aromatic rings. The maximum Gasteiger partial charge on any atom is 0.161 e. The lowest BCUT2D eigenvalue weighted by molar-refractivity contribution is 0.297. The summed E-state index contributed by atoms with van der Waals surface area (Å²) in [6.45, 7) is 3.26. The number of nitrogens with zero attached hydrogens (tertiary/aromatic N) is 2. The van der Waals surface area contributed by atoms with E-state index in [0.29, 0.717) is 24.9 Å². The van der Waals surface area contributed by atoms with Crippen LogP contribution in [0.15, 0.2) is 18.2 Å². The Hall–Kier alpha value is -1.57. The van der Waals surface area contributed by atoms with Gasteiger partial charge in [-0.2, -0.15) is 0 Å². The second-order valence-electron chi connectivity index (χ2n) is 4.54. The molecule has 1 aromatic carbocycles. The van der Waals surface area contributed by atoms with Crippen LogP contribution in [-0.4, -0.2) is 23.2 Å². The van der Waals surface area contributed by atoms with E-state index in [0.717, 1.165) is 32.7 Å². The van der Waals surface area contributed by atoms with Gasteiger partial charge in [-0.15, -0.1) is 0 Å². The molecule has 0 fully saturated rings. The molecule has 0 bridgehead atoms. The van der Waals surface area contributed by atoms with Crippen LogP contribution in [0.3, 0.4) is 0 Å². The van der Waals surface area contributed by atoms with E-state index < -0.39 is 0 Å². The van der Waals surface area contributed by atoms with Crippen LogP contribution in [0.2, 0.25) is 0 Å². The highest BCUT2D eigenvalue weighted by Gasteiger charge is 2.14. The van der Waals surface area contributed by atoms with Gasteiger partial charge in [0.25, 0.3) is 0 Å². The third kappa shape index (κ3) is 2.52. The van der Waals surface area contributed by atoms with Gasteiger partial charge in [-0.25, -0.2) is 9.97 Å². The van der Waals surface area contributed by atoms with Gasteiger partial charge in [0.15, 0.2) is 17.3 Å². The third-order valence-corrected chi connectivity index (χ3v) is 4.38. The standard InChI is InChI=1S/C14H14IN3O2/c1-8-12(15)13(16)18-14(17-8)9-3-4-10-11(7-9)20-6-2-5-19-10/h3-4,7H,2,5-6H2,1H3,(H2,16,17,18). The average molecular weight is 383 g/mol. The first-order valence-corrected chi connectivity index (χ1v) is 7.42. The molecule has 2 N–H and O–H groups in total. The number of halogens is 1. The van der Waals surface area contributed by atoms with E-state index in [1.54, 1.807) is 0 Å². The molecule has 3 rings (SSSR count). The largest absolute Gasteiger partial charge is 0.490 e. The minimum absolute atomic E-state index is 0.500. The van der Waals surface area contributed by atoms with E-state index in [1.807, 2.05) is 25.1 Å². The molecule has 0 radical (unpaired) electrons. The summed E-state index contributed by atoms with van der Waals surface area (Å²) in [7, 11) is 0. The molecular weight excluding hydrogens is 369 g/mol. The van der Waals surface area contributed by atoms with Crippen molar-refractivity contribution in [3.63, 3.8) is 0 Å². The first kappa shape index (κ1) is 13.4. The van der Waals surface area contributed by atoms with Gasteiger partial charge in [-0.1, -0.05) is 0 Å². The molecule has 1 aliphatic heterocycles. The molecular formula is C14H14IN3O2. The van der Waals surface area contributed by atoms with Crippen LogP contribution < -0.4 is 15.2 Å². The third-order valence-electron chi connectivity index (χ3n) is 3.05. The monoisotopic (exact) mass is 383 g/mol. The summed E-state index contributed by atoms with van der Waals surface area (Å²) in [6.07, 6.45) is 0.885. The lowest BCUT2D eigenvalue weighted by Gasteiger charge is -2.10. The highest BCUT2D eigenvalue weighted by Crippen LogP contribution is 2.33. The Morgan fingerprint density at radius 1 is 1.15 bits per heavy atom. The molecule has 6 heteroatoms. The quantitative estimate of drug-likeness (QED) is 0.767. The van der Waals surface area contributed by atoms with Crippen molar-refractivity contribution in [1.82, 2.24) is 9.97 Å². The maximum absolute atomic E-state index is 5.91. The number of aryl methyl sites for hydroxylation is 1. The van der Waals surface area contributed by atoms with Crippen LogP contribution >= 0.6 is 22.6 Å². The van der Waals surface area contributed by atoms with Crippen LogP contribution in [0, 0.1) is 10.5 Å². The molecule has 0 aliphatic carbocycles. The van der Waals surface area contributed by atoms with Gasteiger partial charge >= 0.3 is 0 Å². The summed E-state index contributed by atoms with van der Waals surface area (Å²) in [6, 6.07) is 5.72. The molecule has 0 unspecified atom stereocenters. The van der Waals surface area contributed by atoms with Crippen molar-refractivity contribution < 1.29 is 9.47 Å². The molecule has 104 valence electrons. The normalized spacial score (nSPS) is 13.9. The first-order valence-electron chi connectivity index (χ1n) is 6.35. The van der Waals surface area contributed by atoms with Crippen molar-refractivity contribution in [2.24, 2.45) is 0 Å². The van der Waals surface area contributed by atoms with Gasteiger partial charge in [-0.05, 0) is 47.7 Å². The predicted molar refractivity (Wildman–Crippen MR) is 84.9 cm³/mol. The second-order valence-corrected chi connectivity index (χ2v) is 5.62. The maximum atomic E-state index is 5.91. The molecule has 0 amide bonds. The van der Waals surface area contributed by atoms with Crippen molar-refractivity contribution in [2.75, 3.05) is 18.9 Å². The number of rotatable bonds is 1. The van der Waals surface area contributed by atoms with Gasteiger partial charge < -0.3 is 15.2 Å². The number of nitrogens with two attached hydrogens (primary N) is 1. The second kappa shape index (κ2) is 5.43. The molecule has 0 saturated carbocycles. The van der Waals surface area contributed by atoms with E-state index >= 15 is 0 Å². The fourth-order valence-corrected chi connectivity index (χ4v) is 2.25. The Kier molecular flexibility index (Phi) is 3.64. The highest BCUT2D eigenvalue weighted by atomic mass is 127. The molecule has 1 aliphatic rings. The van der Waals surface area contributed by atoms with Gasteiger partial charge in [-0.3, -0.25) is 0 Å². The summed E-state index contributed by atoms with van der Waals surface area (Å²) in [4.78, 5) is 8.82. The number of ether oxygens (including phenoxy) is 2. The Morgan fingerprint density at radius 3 is 2.65 bits per heavy atom. The van der Waals surface area contributed by atoms with Gasteiger partial charge in [0.1, 0.15) is 5.82 Å². The Labute approximate surface area is 130 Å². The zero-order valence-electron chi connectivity index (χ0n) is 11.0. The van der Waals surface area contributed by atoms with E-state index in [2.05, 4.69) is 32.6 Å². The lowest BCUT2D eigenvalue weighted by atomic mass is 10.2.